The van der Waals surface area contributed by atoms with E-state index in [0.29, 0.717) is 13.0 Å². The summed E-state index contributed by atoms with van der Waals surface area (Å²) in [6.45, 7) is 8.17. The third-order valence-corrected chi connectivity index (χ3v) is 5.79. The van der Waals surface area contributed by atoms with Crippen LogP contribution in [0.2, 0.25) is 0 Å². The number of carbonyl (C=O) groups excluding carboxylic acids is 1. The molecule has 150 valence electrons. The molecule has 3 heterocycles. The molecule has 4 rings (SSSR count). The van der Waals surface area contributed by atoms with E-state index in [1.165, 1.54) is 23.4 Å². The Bertz CT molecular complexity index is 835. The smallest absolute Gasteiger partial charge is 0.410 e. The topological polar surface area (TPSA) is 50.6 Å². The van der Waals surface area contributed by atoms with Crippen LogP contribution in [0.1, 0.15) is 30.2 Å². The number of nitrogens with zero attached hydrogens (tertiary/aromatic N) is 4. The average Bonchev–Trinajstić information content (AvgIpc) is 3.30. The standard InChI is InChI=1S/C21H27FN4O2/c1-3-9-26-15(2)17(11-23-26)12-24-13-19-20(14-24)28-21(27)25(19)10-8-16-4-6-18(22)7-5-16/h4-7,11,19-20H,3,8-10,12-14H2,1-2H3/t19-,20+/m0/s1. The Morgan fingerprint density at radius 2 is 2.00 bits per heavy atom. The number of amides is 1. The number of fused-ring (bicyclic) bond motifs is 1. The van der Waals surface area contributed by atoms with Crippen LogP contribution in [0.4, 0.5) is 9.18 Å². The fourth-order valence-corrected chi connectivity index (χ4v) is 4.19. The Morgan fingerprint density at radius 3 is 2.75 bits per heavy atom. The van der Waals surface area contributed by atoms with E-state index in [1.54, 1.807) is 12.1 Å². The van der Waals surface area contributed by atoms with Crippen molar-refractivity contribution in [2.24, 2.45) is 0 Å². The molecule has 0 spiro atoms. The molecule has 6 nitrogen and oxygen atoms in total. The number of hydrogen-bond donors (Lipinski definition) is 0. The highest BCUT2D eigenvalue weighted by Gasteiger charge is 2.47. The predicted octanol–water partition coefficient (Wildman–Crippen LogP) is 2.99. The monoisotopic (exact) mass is 386 g/mol. The summed E-state index contributed by atoms with van der Waals surface area (Å²) < 4.78 is 20.7. The second kappa shape index (κ2) is 7.91. The minimum Gasteiger partial charge on any atom is -0.442 e. The molecule has 0 unspecified atom stereocenters. The van der Waals surface area contributed by atoms with E-state index in [0.717, 1.165) is 38.2 Å². The van der Waals surface area contributed by atoms with E-state index in [4.69, 9.17) is 4.74 Å². The molecule has 0 saturated carbocycles. The van der Waals surface area contributed by atoms with E-state index in [2.05, 4.69) is 28.5 Å². The van der Waals surface area contributed by atoms with Crippen LogP contribution in [0.3, 0.4) is 0 Å². The van der Waals surface area contributed by atoms with Gasteiger partial charge in [0.25, 0.3) is 0 Å². The highest BCUT2D eigenvalue weighted by atomic mass is 19.1. The number of carbonyl (C=O) groups is 1. The highest BCUT2D eigenvalue weighted by Crippen LogP contribution is 2.28. The Labute approximate surface area is 164 Å². The summed E-state index contributed by atoms with van der Waals surface area (Å²) in [7, 11) is 0. The minimum atomic E-state index is -0.242. The number of halogens is 1. The van der Waals surface area contributed by atoms with Crippen LogP contribution in [0.5, 0.6) is 0 Å². The highest BCUT2D eigenvalue weighted by molar-refractivity contribution is 5.71. The van der Waals surface area contributed by atoms with Crippen LogP contribution < -0.4 is 0 Å². The predicted molar refractivity (Wildman–Crippen MR) is 103 cm³/mol. The van der Waals surface area contributed by atoms with Crippen LogP contribution in [0, 0.1) is 12.7 Å². The van der Waals surface area contributed by atoms with Gasteiger partial charge in [-0.1, -0.05) is 19.1 Å². The molecule has 28 heavy (non-hydrogen) atoms. The van der Waals surface area contributed by atoms with Gasteiger partial charge in [0.1, 0.15) is 11.9 Å². The van der Waals surface area contributed by atoms with Gasteiger partial charge in [0.15, 0.2) is 0 Å². The maximum atomic E-state index is 13.1. The van der Waals surface area contributed by atoms with Gasteiger partial charge < -0.3 is 4.74 Å². The largest absolute Gasteiger partial charge is 0.442 e. The summed E-state index contributed by atoms with van der Waals surface area (Å²) in [5.41, 5.74) is 3.47. The van der Waals surface area contributed by atoms with Gasteiger partial charge in [-0.25, -0.2) is 9.18 Å². The van der Waals surface area contributed by atoms with Gasteiger partial charge in [0.05, 0.1) is 12.2 Å². The molecule has 2 aliphatic heterocycles. The lowest BCUT2D eigenvalue weighted by Gasteiger charge is -2.22. The van der Waals surface area contributed by atoms with E-state index in [-0.39, 0.29) is 24.1 Å². The number of rotatable bonds is 7. The summed E-state index contributed by atoms with van der Waals surface area (Å²) in [5, 5.41) is 4.48. The molecule has 0 N–H and O–H groups in total. The molecular formula is C21H27FN4O2. The van der Waals surface area contributed by atoms with Crippen molar-refractivity contribution in [2.75, 3.05) is 19.6 Å². The summed E-state index contributed by atoms with van der Waals surface area (Å²) in [5.74, 6) is -0.242. The Kier molecular flexibility index (Phi) is 5.35. The Hall–Kier alpha value is -2.41. The van der Waals surface area contributed by atoms with Gasteiger partial charge in [-0.2, -0.15) is 5.10 Å². The van der Waals surface area contributed by atoms with Crippen LogP contribution in [-0.4, -0.2) is 57.5 Å². The van der Waals surface area contributed by atoms with Crippen LogP contribution in [0.15, 0.2) is 30.5 Å². The van der Waals surface area contributed by atoms with Gasteiger partial charge in [-0.15, -0.1) is 0 Å². The first-order valence-corrected chi connectivity index (χ1v) is 10.0. The first-order valence-electron chi connectivity index (χ1n) is 10.0. The lowest BCUT2D eigenvalue weighted by atomic mass is 10.1. The molecule has 2 saturated heterocycles. The fraction of sp³-hybridized carbons (Fsp3) is 0.524. The number of aryl methyl sites for hydroxylation is 1. The number of hydrogen-bond acceptors (Lipinski definition) is 4. The first kappa shape index (κ1) is 18.9. The molecule has 2 aromatic rings. The van der Waals surface area contributed by atoms with E-state index >= 15 is 0 Å². The van der Waals surface area contributed by atoms with Crippen LogP contribution >= 0.6 is 0 Å². The molecule has 2 atom stereocenters. The van der Waals surface area contributed by atoms with E-state index < -0.39 is 0 Å². The third-order valence-electron chi connectivity index (χ3n) is 5.79. The maximum Gasteiger partial charge on any atom is 0.410 e. The SMILES string of the molecule is CCCn1ncc(CN2C[C@H]3OC(=O)N(CCc4ccc(F)cc4)[C@H]3C2)c1C. The lowest BCUT2D eigenvalue weighted by molar-refractivity contribution is 0.120. The quantitative estimate of drug-likeness (QED) is 0.734. The Balaban J connectivity index is 1.36. The van der Waals surface area contributed by atoms with E-state index in [9.17, 15) is 9.18 Å². The van der Waals surface area contributed by atoms with E-state index in [1.807, 2.05) is 11.1 Å². The van der Waals surface area contributed by atoms with Crippen molar-refractivity contribution >= 4 is 6.09 Å². The van der Waals surface area contributed by atoms with Crippen LogP contribution in [-0.2, 0) is 24.2 Å². The fourth-order valence-electron chi connectivity index (χ4n) is 4.19. The second-order valence-electron chi connectivity index (χ2n) is 7.73. The first-order chi connectivity index (χ1) is 13.5. The zero-order chi connectivity index (χ0) is 19.7. The molecule has 2 aliphatic rings. The Morgan fingerprint density at radius 1 is 1.21 bits per heavy atom. The van der Waals surface area contributed by atoms with Crippen molar-refractivity contribution in [3.63, 3.8) is 0 Å². The zero-order valence-electron chi connectivity index (χ0n) is 16.5. The summed E-state index contributed by atoms with van der Waals surface area (Å²) in [6.07, 6.45) is 3.41. The van der Waals surface area contributed by atoms with Crippen molar-refractivity contribution < 1.29 is 13.9 Å². The number of ether oxygens (including phenoxy) is 1. The normalized spacial score (nSPS) is 22.0. The molecule has 0 aliphatic carbocycles. The number of benzene rings is 1. The molecule has 1 aromatic heterocycles. The van der Waals surface area contributed by atoms with Crippen molar-refractivity contribution in [3.05, 3.63) is 53.1 Å². The van der Waals surface area contributed by atoms with Gasteiger partial charge in [0.2, 0.25) is 0 Å². The van der Waals surface area contributed by atoms with Crippen molar-refractivity contribution in [1.82, 2.24) is 19.6 Å². The van der Waals surface area contributed by atoms with Crippen molar-refractivity contribution in [2.45, 2.75) is 51.9 Å². The van der Waals surface area contributed by atoms with Gasteiger partial charge in [-0.05, 0) is 37.5 Å². The molecule has 0 bridgehead atoms. The molecule has 1 aromatic carbocycles. The van der Waals surface area contributed by atoms with Crippen molar-refractivity contribution in [1.29, 1.82) is 0 Å². The summed E-state index contributed by atoms with van der Waals surface area (Å²) in [4.78, 5) is 16.4. The number of aromatic nitrogens is 2. The number of likely N-dealkylation sites (tertiary alicyclic amines) is 1. The molecule has 7 heteroatoms. The zero-order valence-corrected chi connectivity index (χ0v) is 16.5. The minimum absolute atomic E-state index is 0.0771. The third kappa shape index (κ3) is 3.76. The van der Waals surface area contributed by atoms with Crippen LogP contribution in [0.25, 0.3) is 0 Å². The molecular weight excluding hydrogens is 359 g/mol. The van der Waals surface area contributed by atoms with Crippen molar-refractivity contribution in [3.8, 4) is 0 Å². The maximum absolute atomic E-state index is 13.1. The summed E-state index contributed by atoms with van der Waals surface area (Å²) in [6, 6.07) is 6.54. The summed E-state index contributed by atoms with van der Waals surface area (Å²) >= 11 is 0. The molecule has 2 fully saturated rings. The van der Waals surface area contributed by atoms with Gasteiger partial charge in [-0.3, -0.25) is 14.5 Å². The average molecular weight is 386 g/mol. The molecule has 1 amide bonds. The molecule has 0 radical (unpaired) electrons. The van der Waals surface area contributed by atoms with Gasteiger partial charge in [0, 0.05) is 44.0 Å². The van der Waals surface area contributed by atoms with Gasteiger partial charge >= 0.3 is 6.09 Å². The second-order valence-corrected chi connectivity index (χ2v) is 7.73. The lowest BCUT2D eigenvalue weighted by Crippen LogP contribution is -2.39.